The number of anilines is 1. The van der Waals surface area contributed by atoms with Gasteiger partial charge in [-0.1, -0.05) is 12.1 Å². The van der Waals surface area contributed by atoms with Crippen LogP contribution < -0.4 is 10.1 Å². The van der Waals surface area contributed by atoms with Crippen LogP contribution in [-0.4, -0.2) is 18.8 Å². The van der Waals surface area contributed by atoms with Gasteiger partial charge in [-0.25, -0.2) is 8.78 Å². The molecule has 3 nitrogen and oxygen atoms in total. The fraction of sp³-hybridized carbons (Fsp3) is 0.188. The maximum absolute atomic E-state index is 13.4. The van der Waals surface area contributed by atoms with Crippen molar-refractivity contribution >= 4 is 39.3 Å². The number of hydrogen-bond acceptors (Lipinski definition) is 3. The first-order chi connectivity index (χ1) is 11.0. The van der Waals surface area contributed by atoms with Gasteiger partial charge in [0.15, 0.2) is 0 Å². The van der Waals surface area contributed by atoms with E-state index in [9.17, 15) is 13.6 Å². The number of thioether (sulfide) groups is 1. The number of methoxy groups -OCH3 is 1. The van der Waals surface area contributed by atoms with Gasteiger partial charge in [0.1, 0.15) is 23.1 Å². The van der Waals surface area contributed by atoms with Crippen LogP contribution in [0.3, 0.4) is 0 Å². The summed E-state index contributed by atoms with van der Waals surface area (Å²) in [5.41, 5.74) is 0.595. The Balaban J connectivity index is 1.86. The number of carbonyl (C=O) groups is 1. The molecule has 0 aliphatic heterocycles. The van der Waals surface area contributed by atoms with E-state index in [2.05, 4.69) is 21.2 Å². The fourth-order valence-corrected chi connectivity index (χ4v) is 3.22. The Morgan fingerprint density at radius 3 is 2.57 bits per heavy atom. The third kappa shape index (κ3) is 4.94. The van der Waals surface area contributed by atoms with Gasteiger partial charge in [-0.05, 0) is 45.8 Å². The van der Waals surface area contributed by atoms with Crippen molar-refractivity contribution in [2.75, 3.05) is 18.2 Å². The average Bonchev–Trinajstić information content (AvgIpc) is 2.51. The third-order valence-corrected chi connectivity index (χ3v) is 4.57. The van der Waals surface area contributed by atoms with Crippen molar-refractivity contribution in [3.8, 4) is 5.75 Å². The number of carbonyl (C=O) groups excluding carboxylic acids is 1. The van der Waals surface area contributed by atoms with Crippen molar-refractivity contribution in [2.24, 2.45) is 0 Å². The molecule has 122 valence electrons. The predicted octanol–water partition coefficient (Wildman–Crippen LogP) is 4.61. The molecule has 0 atom stereocenters. The summed E-state index contributed by atoms with van der Waals surface area (Å²) in [7, 11) is 1.58. The van der Waals surface area contributed by atoms with E-state index in [4.69, 9.17) is 4.74 Å². The van der Waals surface area contributed by atoms with Crippen molar-refractivity contribution in [1.29, 1.82) is 0 Å². The molecule has 0 radical (unpaired) electrons. The zero-order chi connectivity index (χ0) is 16.8. The molecule has 0 heterocycles. The Labute approximate surface area is 145 Å². The summed E-state index contributed by atoms with van der Waals surface area (Å²) in [5, 5.41) is 2.26. The first kappa shape index (κ1) is 17.7. The zero-order valence-corrected chi connectivity index (χ0v) is 14.6. The van der Waals surface area contributed by atoms with E-state index in [-0.39, 0.29) is 5.75 Å². The Hall–Kier alpha value is -1.60. The lowest BCUT2D eigenvalue weighted by Gasteiger charge is -2.08. The van der Waals surface area contributed by atoms with Gasteiger partial charge in [0.05, 0.1) is 17.3 Å². The molecule has 0 aliphatic carbocycles. The maximum atomic E-state index is 13.4. The lowest BCUT2D eigenvalue weighted by atomic mass is 10.2. The first-order valence-electron chi connectivity index (χ1n) is 6.65. The van der Waals surface area contributed by atoms with Crippen LogP contribution in [0.5, 0.6) is 5.75 Å². The number of halogens is 3. The Kier molecular flexibility index (Phi) is 6.41. The van der Waals surface area contributed by atoms with Crippen molar-refractivity contribution in [1.82, 2.24) is 0 Å². The van der Waals surface area contributed by atoms with E-state index in [0.29, 0.717) is 5.75 Å². The second-order valence-electron chi connectivity index (χ2n) is 4.61. The highest BCUT2D eigenvalue weighted by Crippen LogP contribution is 2.27. The Morgan fingerprint density at radius 1 is 1.26 bits per heavy atom. The molecule has 0 saturated heterocycles. The zero-order valence-electron chi connectivity index (χ0n) is 12.2. The average molecular weight is 402 g/mol. The summed E-state index contributed by atoms with van der Waals surface area (Å²) >= 11 is 4.74. The lowest BCUT2D eigenvalue weighted by molar-refractivity contribution is -0.113. The molecule has 0 spiro atoms. The van der Waals surface area contributed by atoms with Crippen LogP contribution >= 0.6 is 27.7 Å². The van der Waals surface area contributed by atoms with Gasteiger partial charge in [-0.15, -0.1) is 11.8 Å². The molecule has 2 aromatic carbocycles. The van der Waals surface area contributed by atoms with E-state index in [0.717, 1.165) is 27.9 Å². The Bertz CT molecular complexity index is 692. The summed E-state index contributed by atoms with van der Waals surface area (Å²) in [6, 6.07) is 9.07. The van der Waals surface area contributed by atoms with Crippen molar-refractivity contribution < 1.29 is 18.3 Å². The summed E-state index contributed by atoms with van der Waals surface area (Å²) < 4.78 is 32.8. The van der Waals surface area contributed by atoms with E-state index in [1.165, 1.54) is 17.8 Å². The molecule has 1 N–H and O–H groups in total. The molecule has 0 fully saturated rings. The van der Waals surface area contributed by atoms with E-state index in [1.54, 1.807) is 7.11 Å². The van der Waals surface area contributed by atoms with Crippen LogP contribution in [0.4, 0.5) is 14.5 Å². The van der Waals surface area contributed by atoms with Crippen LogP contribution in [0, 0.1) is 11.6 Å². The largest absolute Gasteiger partial charge is 0.496 e. The molecular weight excluding hydrogens is 388 g/mol. The quantitative estimate of drug-likeness (QED) is 0.767. The topological polar surface area (TPSA) is 38.3 Å². The molecule has 0 bridgehead atoms. The molecule has 0 aliphatic rings. The van der Waals surface area contributed by atoms with E-state index < -0.39 is 23.2 Å². The van der Waals surface area contributed by atoms with Crippen molar-refractivity contribution in [2.45, 2.75) is 5.75 Å². The molecule has 0 saturated carbocycles. The van der Waals surface area contributed by atoms with Crippen LogP contribution in [0.15, 0.2) is 40.9 Å². The fourth-order valence-electron chi connectivity index (χ4n) is 1.85. The van der Waals surface area contributed by atoms with E-state index >= 15 is 0 Å². The molecule has 2 aromatic rings. The minimum atomic E-state index is -0.789. The van der Waals surface area contributed by atoms with Crippen molar-refractivity contribution in [3.05, 3.63) is 58.1 Å². The van der Waals surface area contributed by atoms with E-state index in [1.807, 2.05) is 18.2 Å². The summed E-state index contributed by atoms with van der Waals surface area (Å²) in [5.74, 6) is -0.615. The van der Waals surface area contributed by atoms with Gasteiger partial charge in [-0.3, -0.25) is 4.79 Å². The van der Waals surface area contributed by atoms with Gasteiger partial charge in [0.2, 0.25) is 5.91 Å². The van der Waals surface area contributed by atoms with Gasteiger partial charge >= 0.3 is 0 Å². The summed E-state index contributed by atoms with van der Waals surface area (Å²) in [6.07, 6.45) is 0. The minimum Gasteiger partial charge on any atom is -0.496 e. The normalized spacial score (nSPS) is 10.4. The molecule has 23 heavy (non-hydrogen) atoms. The second-order valence-corrected chi connectivity index (χ2v) is 6.45. The summed E-state index contributed by atoms with van der Waals surface area (Å²) in [4.78, 5) is 11.8. The van der Waals surface area contributed by atoms with Gasteiger partial charge < -0.3 is 10.1 Å². The van der Waals surface area contributed by atoms with Crippen LogP contribution in [0.2, 0.25) is 0 Å². The second kappa shape index (κ2) is 8.31. The monoisotopic (exact) mass is 401 g/mol. The van der Waals surface area contributed by atoms with Gasteiger partial charge in [0.25, 0.3) is 0 Å². The number of benzene rings is 2. The lowest BCUT2D eigenvalue weighted by Crippen LogP contribution is -2.16. The first-order valence-corrected chi connectivity index (χ1v) is 8.60. The molecule has 7 heteroatoms. The number of rotatable bonds is 6. The number of ether oxygens (including phenoxy) is 1. The van der Waals surface area contributed by atoms with Crippen LogP contribution in [-0.2, 0) is 10.5 Å². The SMILES string of the molecule is COc1ccc(CSCC(=O)Nc2c(F)cccc2F)cc1Br. The van der Waals surface area contributed by atoms with Gasteiger partial charge in [0, 0.05) is 5.75 Å². The highest BCUT2D eigenvalue weighted by Gasteiger charge is 2.12. The Morgan fingerprint density at radius 2 is 1.96 bits per heavy atom. The van der Waals surface area contributed by atoms with Gasteiger partial charge in [-0.2, -0.15) is 0 Å². The third-order valence-electron chi connectivity index (χ3n) is 2.95. The number of para-hydroxylation sites is 1. The molecule has 1 amide bonds. The standard InChI is InChI=1S/C16H14BrF2NO2S/c1-22-14-6-5-10(7-11(14)17)8-23-9-15(21)20-16-12(18)3-2-4-13(16)19/h2-7H,8-9H2,1H3,(H,20,21). The predicted molar refractivity (Wildman–Crippen MR) is 91.8 cm³/mol. The molecular formula is C16H14BrF2NO2S. The van der Waals surface area contributed by atoms with Crippen LogP contribution in [0.25, 0.3) is 0 Å². The smallest absolute Gasteiger partial charge is 0.234 e. The maximum Gasteiger partial charge on any atom is 0.234 e. The van der Waals surface area contributed by atoms with Crippen LogP contribution in [0.1, 0.15) is 5.56 Å². The summed E-state index contributed by atoms with van der Waals surface area (Å²) in [6.45, 7) is 0. The highest BCUT2D eigenvalue weighted by atomic mass is 79.9. The molecule has 2 rings (SSSR count). The number of hydrogen-bond donors (Lipinski definition) is 1. The molecule has 0 aromatic heterocycles. The molecule has 0 unspecified atom stereocenters. The van der Waals surface area contributed by atoms with Crippen molar-refractivity contribution in [3.63, 3.8) is 0 Å². The number of amides is 1. The number of nitrogens with one attached hydrogen (secondary N) is 1. The highest BCUT2D eigenvalue weighted by molar-refractivity contribution is 9.10. The minimum absolute atomic E-state index is 0.0947.